The van der Waals surface area contributed by atoms with Crippen molar-refractivity contribution in [2.45, 2.75) is 18.7 Å². The van der Waals surface area contributed by atoms with Gasteiger partial charge in [-0.05, 0) is 30.9 Å². The minimum atomic E-state index is 0.0259. The molecule has 0 aliphatic rings. The van der Waals surface area contributed by atoms with Gasteiger partial charge in [0.05, 0.1) is 0 Å². The highest BCUT2D eigenvalue weighted by molar-refractivity contribution is 7.99. The van der Waals surface area contributed by atoms with E-state index in [4.69, 9.17) is 0 Å². The van der Waals surface area contributed by atoms with E-state index in [0.29, 0.717) is 5.56 Å². The molecular weight excluding hydrogens is 184 g/mol. The van der Waals surface area contributed by atoms with Gasteiger partial charge >= 0.3 is 0 Å². The maximum absolute atomic E-state index is 11.0. The molecule has 0 aromatic heterocycles. The second-order valence-corrected chi connectivity index (χ2v) is 3.98. The summed E-state index contributed by atoms with van der Waals surface area (Å²) in [6.07, 6.45) is 0. The maximum Gasteiger partial charge on any atom is 0.159 e. The van der Waals surface area contributed by atoms with Crippen LogP contribution in [0.15, 0.2) is 23.1 Å². The third-order valence-corrected chi connectivity index (χ3v) is 2.59. The van der Waals surface area contributed by atoms with E-state index in [1.165, 1.54) is 18.7 Å². The van der Waals surface area contributed by atoms with Crippen LogP contribution in [0.25, 0.3) is 0 Å². The molecule has 0 saturated heterocycles. The fourth-order valence-electron chi connectivity index (χ4n) is 1.00. The molecule has 0 spiro atoms. The van der Waals surface area contributed by atoms with E-state index in [9.17, 15) is 9.90 Å². The largest absolute Gasteiger partial charge is 0.507 e. The summed E-state index contributed by atoms with van der Waals surface area (Å²) in [5, 5.41) is 9.42. The summed E-state index contributed by atoms with van der Waals surface area (Å²) in [5.74, 6) is 1.16. The first-order valence-corrected chi connectivity index (χ1v) is 5.10. The number of phenolic OH excluding ortho intramolecular Hbond substituents is 1. The molecule has 1 N–H and O–H groups in total. The van der Waals surface area contributed by atoms with Crippen LogP contribution >= 0.6 is 11.8 Å². The van der Waals surface area contributed by atoms with Gasteiger partial charge in [-0.3, -0.25) is 4.79 Å². The first kappa shape index (κ1) is 10.1. The number of carbonyl (C=O) groups is 1. The highest BCUT2D eigenvalue weighted by Crippen LogP contribution is 2.28. The molecule has 2 nitrogen and oxygen atoms in total. The molecule has 0 radical (unpaired) electrons. The monoisotopic (exact) mass is 196 g/mol. The molecule has 13 heavy (non-hydrogen) atoms. The van der Waals surface area contributed by atoms with Crippen LogP contribution in [0.2, 0.25) is 0 Å². The second kappa shape index (κ2) is 4.33. The molecule has 3 heteroatoms. The number of rotatable bonds is 3. The van der Waals surface area contributed by atoms with Crippen LogP contribution < -0.4 is 0 Å². The van der Waals surface area contributed by atoms with Crippen molar-refractivity contribution in [2.75, 3.05) is 5.75 Å². The van der Waals surface area contributed by atoms with E-state index in [0.717, 1.165) is 10.6 Å². The molecule has 0 heterocycles. The Morgan fingerprint density at radius 1 is 1.54 bits per heavy atom. The Morgan fingerprint density at radius 3 is 2.77 bits per heavy atom. The Bertz CT molecular complexity index is 321. The van der Waals surface area contributed by atoms with Gasteiger partial charge in [0, 0.05) is 10.5 Å². The Morgan fingerprint density at radius 2 is 2.23 bits per heavy atom. The van der Waals surface area contributed by atoms with E-state index < -0.39 is 0 Å². The standard InChI is InChI=1S/C10H12O2S/c1-3-13-10-6-8(7(2)11)4-5-9(10)12/h4-6,12H,3H2,1-2H3. The van der Waals surface area contributed by atoms with Gasteiger partial charge in [-0.25, -0.2) is 0 Å². The van der Waals surface area contributed by atoms with Gasteiger partial charge in [0.2, 0.25) is 0 Å². The molecule has 1 aromatic carbocycles. The summed E-state index contributed by atoms with van der Waals surface area (Å²) >= 11 is 1.53. The number of carbonyl (C=O) groups excluding carboxylic acids is 1. The van der Waals surface area contributed by atoms with Crippen LogP contribution in [0.5, 0.6) is 5.75 Å². The number of aromatic hydroxyl groups is 1. The summed E-state index contributed by atoms with van der Waals surface area (Å²) in [4.78, 5) is 11.8. The molecule has 70 valence electrons. The molecule has 0 unspecified atom stereocenters. The highest BCUT2D eigenvalue weighted by Gasteiger charge is 2.04. The quantitative estimate of drug-likeness (QED) is 0.596. The third-order valence-electron chi connectivity index (χ3n) is 1.67. The first-order valence-electron chi connectivity index (χ1n) is 4.12. The van der Waals surface area contributed by atoms with E-state index >= 15 is 0 Å². The summed E-state index contributed by atoms with van der Waals surface area (Å²) in [5.41, 5.74) is 0.647. The number of ketones is 1. The van der Waals surface area contributed by atoms with Crippen molar-refractivity contribution < 1.29 is 9.90 Å². The van der Waals surface area contributed by atoms with Gasteiger partial charge in [0.15, 0.2) is 5.78 Å². The van der Waals surface area contributed by atoms with E-state index in [-0.39, 0.29) is 11.5 Å². The van der Waals surface area contributed by atoms with Crippen molar-refractivity contribution in [1.29, 1.82) is 0 Å². The van der Waals surface area contributed by atoms with Crippen molar-refractivity contribution in [3.05, 3.63) is 23.8 Å². The number of phenols is 1. The van der Waals surface area contributed by atoms with Crippen molar-refractivity contribution in [2.24, 2.45) is 0 Å². The molecule has 0 amide bonds. The summed E-state index contributed by atoms with van der Waals surface area (Å²) in [6, 6.07) is 4.93. The second-order valence-electron chi connectivity index (χ2n) is 2.67. The fourth-order valence-corrected chi connectivity index (χ4v) is 1.74. The van der Waals surface area contributed by atoms with Gasteiger partial charge in [0.25, 0.3) is 0 Å². The Hall–Kier alpha value is -0.960. The maximum atomic E-state index is 11.0. The van der Waals surface area contributed by atoms with Crippen LogP contribution in [-0.2, 0) is 0 Å². The summed E-state index contributed by atoms with van der Waals surface area (Å²) in [6.45, 7) is 3.53. The molecule has 0 fully saturated rings. The van der Waals surface area contributed by atoms with Gasteiger partial charge < -0.3 is 5.11 Å². The lowest BCUT2D eigenvalue weighted by molar-refractivity contribution is 0.101. The fraction of sp³-hybridized carbons (Fsp3) is 0.300. The highest BCUT2D eigenvalue weighted by atomic mass is 32.2. The minimum absolute atomic E-state index is 0.0259. The zero-order chi connectivity index (χ0) is 9.84. The van der Waals surface area contributed by atoms with Crippen molar-refractivity contribution in [3.8, 4) is 5.75 Å². The Labute approximate surface area is 82.0 Å². The van der Waals surface area contributed by atoms with Crippen LogP contribution in [0, 0.1) is 0 Å². The Balaban J connectivity index is 3.03. The summed E-state index contributed by atoms with van der Waals surface area (Å²) < 4.78 is 0. The van der Waals surface area contributed by atoms with Crippen LogP contribution in [0.1, 0.15) is 24.2 Å². The lowest BCUT2D eigenvalue weighted by Gasteiger charge is -2.03. The predicted octanol–water partition coefficient (Wildman–Crippen LogP) is 2.71. The predicted molar refractivity (Wildman–Crippen MR) is 54.5 cm³/mol. The summed E-state index contributed by atoms with van der Waals surface area (Å²) in [7, 11) is 0. The SMILES string of the molecule is CCSc1cc(C(C)=O)ccc1O. The van der Waals surface area contributed by atoms with Crippen LogP contribution in [-0.4, -0.2) is 16.6 Å². The normalized spacial score (nSPS) is 10.0. The van der Waals surface area contributed by atoms with Crippen LogP contribution in [0.4, 0.5) is 0 Å². The minimum Gasteiger partial charge on any atom is -0.507 e. The molecule has 0 aliphatic heterocycles. The van der Waals surface area contributed by atoms with Gasteiger partial charge in [-0.1, -0.05) is 6.92 Å². The first-order chi connectivity index (χ1) is 6.15. The third kappa shape index (κ3) is 2.49. The average Bonchev–Trinajstić information content (AvgIpc) is 2.08. The van der Waals surface area contributed by atoms with E-state index in [2.05, 4.69) is 0 Å². The molecule has 0 aliphatic carbocycles. The van der Waals surface area contributed by atoms with Gasteiger partial charge in [-0.15, -0.1) is 11.8 Å². The number of thioether (sulfide) groups is 1. The molecular formula is C10H12O2S. The number of hydrogen-bond acceptors (Lipinski definition) is 3. The van der Waals surface area contributed by atoms with Crippen molar-refractivity contribution in [3.63, 3.8) is 0 Å². The molecule has 0 atom stereocenters. The average molecular weight is 196 g/mol. The zero-order valence-electron chi connectivity index (χ0n) is 7.70. The van der Waals surface area contributed by atoms with Crippen LogP contribution in [0.3, 0.4) is 0 Å². The van der Waals surface area contributed by atoms with Crippen molar-refractivity contribution in [1.82, 2.24) is 0 Å². The lowest BCUT2D eigenvalue weighted by atomic mass is 10.1. The Kier molecular flexibility index (Phi) is 3.37. The van der Waals surface area contributed by atoms with Gasteiger partial charge in [-0.2, -0.15) is 0 Å². The number of benzene rings is 1. The molecule has 1 rings (SSSR count). The van der Waals surface area contributed by atoms with E-state index in [1.807, 2.05) is 6.92 Å². The topological polar surface area (TPSA) is 37.3 Å². The molecule has 0 bridgehead atoms. The zero-order valence-corrected chi connectivity index (χ0v) is 8.52. The lowest BCUT2D eigenvalue weighted by Crippen LogP contribution is -1.91. The van der Waals surface area contributed by atoms with Gasteiger partial charge in [0.1, 0.15) is 5.75 Å². The smallest absolute Gasteiger partial charge is 0.159 e. The molecule has 1 aromatic rings. The van der Waals surface area contributed by atoms with E-state index in [1.54, 1.807) is 18.2 Å². The number of Topliss-reactive ketones (excluding diaryl/α,β-unsaturated/α-hetero) is 1. The number of hydrogen-bond donors (Lipinski definition) is 1. The van der Waals surface area contributed by atoms with Crippen molar-refractivity contribution >= 4 is 17.5 Å². The molecule has 0 saturated carbocycles.